The molecule has 0 amide bonds. The van der Waals surface area contributed by atoms with Crippen LogP contribution in [0.15, 0.2) is 36.5 Å². The Kier molecular flexibility index (Phi) is 1.51. The third-order valence-corrected chi connectivity index (χ3v) is 1.92. The quantitative estimate of drug-likeness (QED) is 0.582. The standard InChI is InChI=1S/C9H6ClN/c10-8-4-1-5-9-7(8)3-2-6-11-9/h1-6H. The number of benzene rings is 1. The van der Waals surface area contributed by atoms with Gasteiger partial charge in [0.05, 0.1) is 5.52 Å². The fourth-order valence-corrected chi connectivity index (χ4v) is 1.30. The van der Waals surface area contributed by atoms with Crippen molar-refractivity contribution in [3.63, 3.8) is 0 Å². The molecule has 2 rings (SSSR count). The Hall–Kier alpha value is -1.08. The molecule has 1 aromatic carbocycles. The third kappa shape index (κ3) is 1.08. The second-order valence-corrected chi connectivity index (χ2v) is 2.72. The number of fused-ring (bicyclic) bond motifs is 1. The van der Waals surface area contributed by atoms with Gasteiger partial charge in [-0.15, -0.1) is 0 Å². The summed E-state index contributed by atoms with van der Waals surface area (Å²) in [5.41, 5.74) is 0.944. The molecule has 0 aliphatic heterocycles. The van der Waals surface area contributed by atoms with Gasteiger partial charge in [0.15, 0.2) is 0 Å². The minimum Gasteiger partial charge on any atom is -0.256 e. The minimum absolute atomic E-state index is 0.760. The number of rotatable bonds is 0. The van der Waals surface area contributed by atoms with E-state index in [1.165, 1.54) is 0 Å². The first kappa shape index (κ1) is 6.62. The molecule has 0 N–H and O–H groups in total. The molecule has 0 saturated heterocycles. The maximum absolute atomic E-state index is 5.92. The molecular weight excluding hydrogens is 158 g/mol. The summed E-state index contributed by atoms with van der Waals surface area (Å²) >= 11 is 5.92. The van der Waals surface area contributed by atoms with Crippen molar-refractivity contribution in [3.05, 3.63) is 41.6 Å². The molecule has 1 aromatic heterocycles. The molecule has 2 heteroatoms. The summed E-state index contributed by atoms with van der Waals surface area (Å²) in [7, 11) is 0. The van der Waals surface area contributed by atoms with Crippen LogP contribution in [-0.4, -0.2) is 4.98 Å². The van der Waals surface area contributed by atoms with Crippen molar-refractivity contribution >= 4 is 22.5 Å². The summed E-state index contributed by atoms with van der Waals surface area (Å²) in [4.78, 5) is 4.16. The predicted molar refractivity (Wildman–Crippen MR) is 46.8 cm³/mol. The van der Waals surface area contributed by atoms with Gasteiger partial charge < -0.3 is 0 Å². The van der Waals surface area contributed by atoms with E-state index < -0.39 is 0 Å². The van der Waals surface area contributed by atoms with Crippen molar-refractivity contribution in [2.24, 2.45) is 0 Å². The van der Waals surface area contributed by atoms with Crippen molar-refractivity contribution in [2.75, 3.05) is 0 Å². The lowest BCUT2D eigenvalue weighted by atomic mass is 10.2. The monoisotopic (exact) mass is 163 g/mol. The van der Waals surface area contributed by atoms with Crippen LogP contribution in [0.4, 0.5) is 0 Å². The Bertz CT molecular complexity index is 379. The van der Waals surface area contributed by atoms with Crippen LogP contribution in [-0.2, 0) is 0 Å². The molecule has 1 heterocycles. The number of halogens is 1. The third-order valence-electron chi connectivity index (χ3n) is 1.59. The first-order valence-corrected chi connectivity index (χ1v) is 3.75. The molecule has 0 radical (unpaired) electrons. The number of hydrogen-bond acceptors (Lipinski definition) is 1. The summed E-state index contributed by atoms with van der Waals surface area (Å²) in [5.74, 6) is 0. The molecule has 0 saturated carbocycles. The van der Waals surface area contributed by atoms with Gasteiger partial charge in [0.1, 0.15) is 0 Å². The molecule has 0 aliphatic rings. The van der Waals surface area contributed by atoms with Crippen LogP contribution in [0.2, 0.25) is 5.02 Å². The zero-order valence-electron chi connectivity index (χ0n) is 5.79. The second kappa shape index (κ2) is 2.51. The molecule has 0 aliphatic carbocycles. The molecule has 11 heavy (non-hydrogen) atoms. The summed E-state index contributed by atoms with van der Waals surface area (Å²) in [6.45, 7) is 0. The van der Waals surface area contributed by atoms with Gasteiger partial charge in [-0.2, -0.15) is 0 Å². The van der Waals surface area contributed by atoms with E-state index in [0.717, 1.165) is 15.9 Å². The van der Waals surface area contributed by atoms with Gasteiger partial charge in [-0.3, -0.25) is 4.98 Å². The van der Waals surface area contributed by atoms with Gasteiger partial charge in [0.2, 0.25) is 0 Å². The zero-order valence-corrected chi connectivity index (χ0v) is 6.55. The highest BCUT2D eigenvalue weighted by Crippen LogP contribution is 2.20. The normalized spacial score (nSPS) is 10.3. The maximum atomic E-state index is 5.92. The van der Waals surface area contributed by atoms with Crippen LogP contribution < -0.4 is 0 Å². The van der Waals surface area contributed by atoms with Crippen molar-refractivity contribution in [2.45, 2.75) is 0 Å². The Morgan fingerprint density at radius 1 is 1.09 bits per heavy atom. The molecule has 1 nitrogen and oxygen atoms in total. The molecule has 0 spiro atoms. The van der Waals surface area contributed by atoms with Crippen LogP contribution in [0.3, 0.4) is 0 Å². The first-order valence-electron chi connectivity index (χ1n) is 3.37. The largest absolute Gasteiger partial charge is 0.256 e. The first-order chi connectivity index (χ1) is 5.38. The van der Waals surface area contributed by atoms with Gasteiger partial charge in [0.25, 0.3) is 0 Å². The van der Waals surface area contributed by atoms with E-state index in [-0.39, 0.29) is 0 Å². The Balaban J connectivity index is 2.91. The lowest BCUT2D eigenvalue weighted by Gasteiger charge is -1.96. The van der Waals surface area contributed by atoms with Crippen molar-refractivity contribution in [3.8, 4) is 0 Å². The Morgan fingerprint density at radius 3 is 2.82 bits per heavy atom. The lowest BCUT2D eigenvalue weighted by Crippen LogP contribution is -1.76. The SMILES string of the molecule is Clc1cccc2ncccc12. The van der Waals surface area contributed by atoms with E-state index in [9.17, 15) is 0 Å². The van der Waals surface area contributed by atoms with E-state index in [1.54, 1.807) is 6.20 Å². The molecule has 2 aromatic rings. The second-order valence-electron chi connectivity index (χ2n) is 2.31. The molecule has 0 atom stereocenters. The maximum Gasteiger partial charge on any atom is 0.0716 e. The fraction of sp³-hybridized carbons (Fsp3) is 0. The zero-order chi connectivity index (χ0) is 7.68. The van der Waals surface area contributed by atoms with E-state index >= 15 is 0 Å². The van der Waals surface area contributed by atoms with Crippen LogP contribution in [0, 0.1) is 0 Å². The van der Waals surface area contributed by atoms with E-state index in [4.69, 9.17) is 11.6 Å². The molecule has 0 fully saturated rings. The number of hydrogen-bond donors (Lipinski definition) is 0. The van der Waals surface area contributed by atoms with Crippen LogP contribution >= 0.6 is 11.6 Å². The van der Waals surface area contributed by atoms with Crippen LogP contribution in [0.5, 0.6) is 0 Å². The van der Waals surface area contributed by atoms with Gasteiger partial charge >= 0.3 is 0 Å². The highest BCUT2D eigenvalue weighted by Gasteiger charge is 1.95. The van der Waals surface area contributed by atoms with Gasteiger partial charge in [-0.05, 0) is 24.3 Å². The Morgan fingerprint density at radius 2 is 2.00 bits per heavy atom. The minimum atomic E-state index is 0.760. The van der Waals surface area contributed by atoms with Crippen molar-refractivity contribution < 1.29 is 0 Å². The van der Waals surface area contributed by atoms with Crippen molar-refractivity contribution in [1.82, 2.24) is 4.98 Å². The predicted octanol–water partition coefficient (Wildman–Crippen LogP) is 2.89. The fourth-order valence-electron chi connectivity index (χ4n) is 1.07. The Labute approximate surface area is 69.6 Å². The number of aromatic nitrogens is 1. The topological polar surface area (TPSA) is 12.9 Å². The highest BCUT2D eigenvalue weighted by atomic mass is 35.5. The summed E-state index contributed by atoms with van der Waals surface area (Å²) in [6, 6.07) is 9.56. The van der Waals surface area contributed by atoms with Crippen LogP contribution in [0.1, 0.15) is 0 Å². The molecule has 0 unspecified atom stereocenters. The molecule has 54 valence electrons. The number of pyridine rings is 1. The summed E-state index contributed by atoms with van der Waals surface area (Å²) in [6.07, 6.45) is 1.76. The van der Waals surface area contributed by atoms with E-state index in [1.807, 2.05) is 30.3 Å². The van der Waals surface area contributed by atoms with E-state index in [2.05, 4.69) is 4.98 Å². The van der Waals surface area contributed by atoms with Crippen molar-refractivity contribution in [1.29, 1.82) is 0 Å². The molecule has 0 bridgehead atoms. The average Bonchev–Trinajstić information content (AvgIpc) is 2.06. The highest BCUT2D eigenvalue weighted by molar-refractivity contribution is 6.35. The van der Waals surface area contributed by atoms with Gasteiger partial charge in [0, 0.05) is 16.6 Å². The molecular formula is C9H6ClN. The van der Waals surface area contributed by atoms with Gasteiger partial charge in [-0.25, -0.2) is 0 Å². The lowest BCUT2D eigenvalue weighted by molar-refractivity contribution is 1.41. The van der Waals surface area contributed by atoms with Crippen LogP contribution in [0.25, 0.3) is 10.9 Å². The number of nitrogens with zero attached hydrogens (tertiary/aromatic N) is 1. The summed E-state index contributed by atoms with van der Waals surface area (Å²) < 4.78 is 0. The smallest absolute Gasteiger partial charge is 0.0716 e. The summed E-state index contributed by atoms with van der Waals surface area (Å²) in [5, 5.41) is 1.77. The van der Waals surface area contributed by atoms with E-state index in [0.29, 0.717) is 0 Å². The average molecular weight is 164 g/mol. The van der Waals surface area contributed by atoms with Gasteiger partial charge in [-0.1, -0.05) is 17.7 Å².